The molecule has 4 rings (SSSR count). The molecule has 0 saturated carbocycles. The fraction of sp³-hybridized carbons (Fsp3) is 0.526. The number of aliphatic hydroxyl groups is 1. The number of allylic oxidation sites excluding steroid dienone is 1. The minimum atomic E-state index is -0.401. The second kappa shape index (κ2) is 7.56. The van der Waals surface area contributed by atoms with Crippen LogP contribution < -0.4 is 5.32 Å². The van der Waals surface area contributed by atoms with E-state index in [0.29, 0.717) is 25.8 Å². The first-order valence-corrected chi connectivity index (χ1v) is 9.04. The van der Waals surface area contributed by atoms with Gasteiger partial charge in [-0.25, -0.2) is 0 Å². The highest BCUT2D eigenvalue weighted by Gasteiger charge is 2.24. The lowest BCUT2D eigenvalue weighted by Gasteiger charge is -2.36. The summed E-state index contributed by atoms with van der Waals surface area (Å²) in [5.41, 5.74) is 2.83. The van der Waals surface area contributed by atoms with Gasteiger partial charge in [-0.15, -0.1) is 0 Å². The number of benzene rings is 1. The number of aliphatic imine (C=N–C) groups is 1. The number of rotatable bonds is 6. The summed E-state index contributed by atoms with van der Waals surface area (Å²) in [6, 6.07) is 8.97. The minimum Gasteiger partial charge on any atom is -0.390 e. The lowest BCUT2D eigenvalue weighted by atomic mass is 10.00. The molecule has 3 aliphatic rings. The van der Waals surface area contributed by atoms with Crippen LogP contribution in [0.25, 0.3) is 0 Å². The molecule has 134 valence electrons. The number of nitrogens with one attached hydrogen (secondary N) is 1. The Labute approximate surface area is 148 Å². The molecule has 3 aliphatic heterocycles. The molecule has 0 aromatic heterocycles. The second-order valence-electron chi connectivity index (χ2n) is 7.03. The third-order valence-corrected chi connectivity index (χ3v) is 5.03. The van der Waals surface area contributed by atoms with Crippen molar-refractivity contribution >= 4 is 6.21 Å². The molecule has 1 atom stereocenters. The molecule has 0 spiro atoms. The average Bonchev–Trinajstić information content (AvgIpc) is 2.59. The van der Waals surface area contributed by atoms with Gasteiger partial charge in [-0.3, -0.25) is 9.89 Å². The first kappa shape index (κ1) is 16.6. The molecule has 1 saturated heterocycles. The third kappa shape index (κ3) is 4.03. The maximum atomic E-state index is 10.6. The maximum Gasteiger partial charge on any atom is 0.111 e. The van der Waals surface area contributed by atoms with Gasteiger partial charge in [0.2, 0.25) is 0 Å². The van der Waals surface area contributed by atoms with Crippen LogP contribution >= 0.6 is 0 Å². The van der Waals surface area contributed by atoms with Gasteiger partial charge >= 0.3 is 0 Å². The van der Waals surface area contributed by atoms with Crippen molar-refractivity contribution in [2.75, 3.05) is 39.5 Å². The third-order valence-electron chi connectivity index (χ3n) is 5.03. The summed E-state index contributed by atoms with van der Waals surface area (Å²) in [6.45, 7) is 5.29. The van der Waals surface area contributed by atoms with Crippen LogP contribution in [0.15, 0.2) is 41.2 Å². The summed E-state index contributed by atoms with van der Waals surface area (Å²) < 4.78 is 5.22. The highest BCUT2D eigenvalue weighted by molar-refractivity contribution is 5.72. The summed E-state index contributed by atoms with van der Waals surface area (Å²) in [5.74, 6) is 1.03. The molecular formula is C19H26N4O2. The smallest absolute Gasteiger partial charge is 0.111 e. The standard InChI is InChI=1S/C19H26N4O2/c24-18(10-22-8-6-15-3-1-2-4-16(15)9-22)11-23-14-20-7-5-19(23)21-17-12-25-13-17/h1-5,7,17-18,21,24H,6,8-14H2/t18-/m0/s1. The lowest BCUT2D eigenvalue weighted by Crippen LogP contribution is -2.51. The molecule has 0 bridgehead atoms. The molecule has 2 N–H and O–H groups in total. The zero-order chi connectivity index (χ0) is 17.1. The fourth-order valence-electron chi connectivity index (χ4n) is 3.59. The van der Waals surface area contributed by atoms with Crippen LogP contribution in [0, 0.1) is 0 Å². The largest absolute Gasteiger partial charge is 0.390 e. The number of hydrogen-bond acceptors (Lipinski definition) is 6. The van der Waals surface area contributed by atoms with Gasteiger partial charge in [-0.2, -0.15) is 0 Å². The maximum absolute atomic E-state index is 10.6. The number of fused-ring (bicyclic) bond motifs is 1. The number of nitrogens with zero attached hydrogens (tertiary/aromatic N) is 3. The molecule has 0 amide bonds. The molecule has 6 heteroatoms. The molecule has 0 radical (unpaired) electrons. The Kier molecular flexibility index (Phi) is 5.01. The van der Waals surface area contributed by atoms with Crippen molar-refractivity contribution in [1.82, 2.24) is 15.1 Å². The van der Waals surface area contributed by atoms with Crippen LogP contribution in [0.5, 0.6) is 0 Å². The van der Waals surface area contributed by atoms with Gasteiger partial charge < -0.3 is 20.1 Å². The number of β-amino-alcohol motifs (C(OH)–C–C–N with tert-alkyl or cyclic N) is 1. The van der Waals surface area contributed by atoms with E-state index >= 15 is 0 Å². The summed E-state index contributed by atoms with van der Waals surface area (Å²) in [6.07, 6.45) is 4.46. The Morgan fingerprint density at radius 2 is 2.08 bits per heavy atom. The Morgan fingerprint density at radius 3 is 2.88 bits per heavy atom. The van der Waals surface area contributed by atoms with Gasteiger partial charge in [0.1, 0.15) is 12.5 Å². The van der Waals surface area contributed by atoms with E-state index < -0.39 is 6.10 Å². The Bertz CT molecular complexity index is 657. The predicted octanol–water partition coefficient (Wildman–Crippen LogP) is 0.579. The topological polar surface area (TPSA) is 60.3 Å². The molecule has 25 heavy (non-hydrogen) atoms. The summed E-state index contributed by atoms with van der Waals surface area (Å²) >= 11 is 0. The van der Waals surface area contributed by atoms with Crippen molar-refractivity contribution in [2.24, 2.45) is 4.99 Å². The fourth-order valence-corrected chi connectivity index (χ4v) is 3.59. The van der Waals surface area contributed by atoms with Crippen molar-refractivity contribution in [3.05, 3.63) is 47.3 Å². The highest BCUT2D eigenvalue weighted by atomic mass is 16.5. The van der Waals surface area contributed by atoms with Crippen LogP contribution in [-0.2, 0) is 17.7 Å². The second-order valence-corrected chi connectivity index (χ2v) is 7.03. The Balaban J connectivity index is 1.30. The summed E-state index contributed by atoms with van der Waals surface area (Å²) in [5, 5.41) is 14.1. The van der Waals surface area contributed by atoms with E-state index in [1.54, 1.807) is 0 Å². The van der Waals surface area contributed by atoms with Crippen molar-refractivity contribution in [2.45, 2.75) is 25.1 Å². The van der Waals surface area contributed by atoms with E-state index in [9.17, 15) is 5.11 Å². The van der Waals surface area contributed by atoms with E-state index in [4.69, 9.17) is 4.74 Å². The molecule has 0 aliphatic carbocycles. The first-order valence-electron chi connectivity index (χ1n) is 9.04. The molecule has 1 aromatic carbocycles. The SMILES string of the molecule is O[C@@H](CN1CCc2ccccc2C1)CN1CN=CC=C1NC1COC1. The molecule has 0 unspecified atom stereocenters. The molecule has 3 heterocycles. The van der Waals surface area contributed by atoms with Gasteiger partial charge in [-0.05, 0) is 23.6 Å². The van der Waals surface area contributed by atoms with E-state index in [1.165, 1.54) is 11.1 Å². The zero-order valence-corrected chi connectivity index (χ0v) is 14.5. The normalized spacial score (nSPS) is 22.1. The van der Waals surface area contributed by atoms with Gasteiger partial charge in [0.15, 0.2) is 0 Å². The zero-order valence-electron chi connectivity index (χ0n) is 14.5. The Morgan fingerprint density at radius 1 is 1.24 bits per heavy atom. The molecule has 6 nitrogen and oxygen atoms in total. The summed E-state index contributed by atoms with van der Waals surface area (Å²) in [4.78, 5) is 8.77. The minimum absolute atomic E-state index is 0.371. The molecule has 1 aromatic rings. The van der Waals surface area contributed by atoms with Crippen LogP contribution in [0.3, 0.4) is 0 Å². The monoisotopic (exact) mass is 342 g/mol. The van der Waals surface area contributed by atoms with Gasteiger partial charge in [-0.1, -0.05) is 24.3 Å². The van der Waals surface area contributed by atoms with Crippen LogP contribution in [0.4, 0.5) is 0 Å². The van der Waals surface area contributed by atoms with Crippen LogP contribution in [0.1, 0.15) is 11.1 Å². The van der Waals surface area contributed by atoms with Gasteiger partial charge in [0.25, 0.3) is 0 Å². The number of aliphatic hydroxyl groups excluding tert-OH is 1. The van der Waals surface area contributed by atoms with Crippen molar-refractivity contribution in [3.63, 3.8) is 0 Å². The van der Waals surface area contributed by atoms with E-state index in [0.717, 1.165) is 38.5 Å². The highest BCUT2D eigenvalue weighted by Crippen LogP contribution is 2.19. The number of ether oxygens (including phenoxy) is 1. The van der Waals surface area contributed by atoms with Gasteiger partial charge in [0, 0.05) is 32.4 Å². The Hall–Kier alpha value is -1.89. The average molecular weight is 342 g/mol. The predicted molar refractivity (Wildman–Crippen MR) is 97.3 cm³/mol. The first-order chi connectivity index (χ1) is 12.3. The molecule has 1 fully saturated rings. The van der Waals surface area contributed by atoms with E-state index in [2.05, 4.69) is 44.4 Å². The van der Waals surface area contributed by atoms with Gasteiger partial charge in [0.05, 0.1) is 25.4 Å². The van der Waals surface area contributed by atoms with Crippen LogP contribution in [0.2, 0.25) is 0 Å². The summed E-state index contributed by atoms with van der Waals surface area (Å²) in [7, 11) is 0. The van der Waals surface area contributed by atoms with Crippen LogP contribution in [-0.4, -0.2) is 72.8 Å². The van der Waals surface area contributed by atoms with Crippen molar-refractivity contribution in [1.29, 1.82) is 0 Å². The van der Waals surface area contributed by atoms with E-state index in [-0.39, 0.29) is 0 Å². The van der Waals surface area contributed by atoms with Crippen molar-refractivity contribution in [3.8, 4) is 0 Å². The number of hydrogen-bond donors (Lipinski definition) is 2. The molecular weight excluding hydrogens is 316 g/mol. The quantitative estimate of drug-likeness (QED) is 0.792. The van der Waals surface area contributed by atoms with E-state index in [1.807, 2.05) is 12.3 Å². The lowest BCUT2D eigenvalue weighted by molar-refractivity contribution is -0.00598. The van der Waals surface area contributed by atoms with Crippen molar-refractivity contribution < 1.29 is 9.84 Å².